The molecule has 0 aromatic heterocycles. The average Bonchev–Trinajstić information content (AvgIpc) is 2.35. The fourth-order valence-corrected chi connectivity index (χ4v) is 3.33. The van der Waals surface area contributed by atoms with E-state index in [9.17, 15) is 18.7 Å². The van der Waals surface area contributed by atoms with E-state index in [0.29, 0.717) is 6.42 Å². The minimum Gasteiger partial charge on any atom is -0.364 e. The molecule has 0 aliphatic heterocycles. The van der Waals surface area contributed by atoms with Crippen LogP contribution in [-0.4, -0.2) is 28.1 Å². The molecule has 11 heteroatoms. The molecule has 0 saturated carbocycles. The van der Waals surface area contributed by atoms with Crippen molar-refractivity contribution in [2.24, 2.45) is 0 Å². The van der Waals surface area contributed by atoms with Crippen LogP contribution in [0.25, 0.3) is 0 Å². The molecule has 1 unspecified atom stereocenters. The maximum atomic E-state index is 12.1. The molecule has 0 rings (SSSR count). The van der Waals surface area contributed by atoms with Crippen molar-refractivity contribution in [1.82, 2.24) is 0 Å². The summed E-state index contributed by atoms with van der Waals surface area (Å²) in [6.07, 6.45) is 4.98. The number of carbonyl (C=O) groups is 2. The standard InChI is InChI=1S/C13H22O9P2/c1-10(2)6-5-7-11(3)8-9-20-24(19,22-23(16,17)18)21-13(15)12(4)14/h6,8H,5,7,9H2,1-4H3,(H2,16,17,18)/b11-8+. The summed E-state index contributed by atoms with van der Waals surface area (Å²) in [4.78, 5) is 39.4. The van der Waals surface area contributed by atoms with Gasteiger partial charge in [0.2, 0.25) is 5.78 Å². The Morgan fingerprint density at radius 2 is 1.62 bits per heavy atom. The highest BCUT2D eigenvalue weighted by molar-refractivity contribution is 7.61. The predicted octanol–water partition coefficient (Wildman–Crippen LogP) is 3.05. The highest BCUT2D eigenvalue weighted by atomic mass is 31.3. The van der Waals surface area contributed by atoms with Crippen molar-refractivity contribution in [2.75, 3.05) is 6.61 Å². The van der Waals surface area contributed by atoms with Gasteiger partial charge in [0.1, 0.15) is 0 Å². The molecule has 9 nitrogen and oxygen atoms in total. The van der Waals surface area contributed by atoms with E-state index in [1.807, 2.05) is 19.9 Å². The van der Waals surface area contributed by atoms with Crippen molar-refractivity contribution in [2.45, 2.75) is 40.5 Å². The van der Waals surface area contributed by atoms with Gasteiger partial charge in [0.05, 0.1) is 6.61 Å². The van der Waals surface area contributed by atoms with Crippen molar-refractivity contribution in [3.63, 3.8) is 0 Å². The number of rotatable bonds is 10. The number of phosphoric acid groups is 2. The van der Waals surface area contributed by atoms with Crippen molar-refractivity contribution in [3.8, 4) is 0 Å². The number of phosphoric ester groups is 1. The molecule has 0 aliphatic rings. The highest BCUT2D eigenvalue weighted by Gasteiger charge is 2.39. The monoisotopic (exact) mass is 384 g/mol. The van der Waals surface area contributed by atoms with Crippen LogP contribution in [0.3, 0.4) is 0 Å². The molecule has 24 heavy (non-hydrogen) atoms. The zero-order valence-electron chi connectivity index (χ0n) is 13.9. The molecular weight excluding hydrogens is 362 g/mol. The number of carbonyl (C=O) groups excluding carboxylic acids is 2. The topological polar surface area (TPSA) is 136 Å². The van der Waals surface area contributed by atoms with E-state index < -0.39 is 27.4 Å². The number of ketones is 1. The van der Waals surface area contributed by atoms with Crippen LogP contribution in [0.15, 0.2) is 23.3 Å². The van der Waals surface area contributed by atoms with Gasteiger partial charge in [-0.2, -0.15) is 4.31 Å². The summed E-state index contributed by atoms with van der Waals surface area (Å²) in [5.41, 5.74) is 2.02. The molecule has 0 aromatic carbocycles. The summed E-state index contributed by atoms with van der Waals surface area (Å²) in [6.45, 7) is 6.14. The molecule has 1 atom stereocenters. The first-order valence-electron chi connectivity index (χ1n) is 6.89. The van der Waals surface area contributed by atoms with E-state index in [-0.39, 0.29) is 6.61 Å². The summed E-state index contributed by atoms with van der Waals surface area (Å²) in [5.74, 6) is -2.71. The van der Waals surface area contributed by atoms with Crippen LogP contribution in [0.1, 0.15) is 40.5 Å². The quantitative estimate of drug-likeness (QED) is 0.331. The van der Waals surface area contributed by atoms with Gasteiger partial charge in [0, 0.05) is 6.92 Å². The minimum absolute atomic E-state index is 0.386. The lowest BCUT2D eigenvalue weighted by molar-refractivity contribution is -0.147. The summed E-state index contributed by atoms with van der Waals surface area (Å²) in [6, 6.07) is 0. The molecule has 138 valence electrons. The molecular formula is C13H22O9P2. The number of allylic oxidation sites excluding steroid dienone is 3. The molecule has 0 heterocycles. The van der Waals surface area contributed by atoms with Crippen LogP contribution in [0, 0.1) is 0 Å². The maximum absolute atomic E-state index is 12.1. The fourth-order valence-electron chi connectivity index (χ4n) is 1.32. The average molecular weight is 384 g/mol. The van der Waals surface area contributed by atoms with E-state index in [0.717, 1.165) is 24.5 Å². The van der Waals surface area contributed by atoms with Crippen LogP contribution in [0.4, 0.5) is 0 Å². The summed E-state index contributed by atoms with van der Waals surface area (Å²) < 4.78 is 35.6. The fraction of sp³-hybridized carbons (Fsp3) is 0.538. The molecule has 0 bridgehead atoms. The zero-order chi connectivity index (χ0) is 19.0. The van der Waals surface area contributed by atoms with E-state index in [1.54, 1.807) is 6.92 Å². The van der Waals surface area contributed by atoms with Crippen molar-refractivity contribution in [3.05, 3.63) is 23.3 Å². The van der Waals surface area contributed by atoms with Gasteiger partial charge in [-0.15, -0.1) is 0 Å². The van der Waals surface area contributed by atoms with Gasteiger partial charge in [-0.1, -0.05) is 23.3 Å². The normalized spacial score (nSPS) is 14.7. The molecule has 2 N–H and O–H groups in total. The van der Waals surface area contributed by atoms with Crippen molar-refractivity contribution in [1.29, 1.82) is 0 Å². The van der Waals surface area contributed by atoms with Crippen LogP contribution in [0.5, 0.6) is 0 Å². The Balaban J connectivity index is 4.86. The number of hydrogen-bond donors (Lipinski definition) is 2. The molecule has 0 radical (unpaired) electrons. The Morgan fingerprint density at radius 1 is 1.04 bits per heavy atom. The highest BCUT2D eigenvalue weighted by Crippen LogP contribution is 2.61. The van der Waals surface area contributed by atoms with Crippen LogP contribution >= 0.6 is 15.6 Å². The van der Waals surface area contributed by atoms with Gasteiger partial charge in [0.15, 0.2) is 0 Å². The molecule has 0 fully saturated rings. The van der Waals surface area contributed by atoms with Crippen molar-refractivity contribution >= 4 is 27.4 Å². The third-order valence-corrected chi connectivity index (χ3v) is 4.95. The Bertz CT molecular complexity index is 611. The first kappa shape index (κ1) is 22.9. The largest absolute Gasteiger partial charge is 0.541 e. The van der Waals surface area contributed by atoms with Gasteiger partial charge < -0.3 is 14.3 Å². The predicted molar refractivity (Wildman–Crippen MR) is 85.9 cm³/mol. The summed E-state index contributed by atoms with van der Waals surface area (Å²) in [7, 11) is -10.2. The van der Waals surface area contributed by atoms with Gasteiger partial charge in [-0.25, -0.2) is 13.9 Å². The van der Waals surface area contributed by atoms with E-state index >= 15 is 0 Å². The minimum atomic E-state index is -5.27. The SMILES string of the molecule is CC(=O)C(=O)OP(=O)(OC/C=C(\C)CCC=C(C)C)OP(=O)(O)O. The van der Waals surface area contributed by atoms with Gasteiger partial charge >= 0.3 is 21.6 Å². The second kappa shape index (κ2) is 10.0. The van der Waals surface area contributed by atoms with Crippen LogP contribution < -0.4 is 0 Å². The summed E-state index contributed by atoms with van der Waals surface area (Å²) in [5, 5.41) is 0. The first-order valence-corrected chi connectivity index (χ1v) is 9.88. The molecule has 0 spiro atoms. The second-order valence-corrected chi connectivity index (χ2v) is 8.09. The van der Waals surface area contributed by atoms with E-state index in [1.165, 1.54) is 6.08 Å². The lowest BCUT2D eigenvalue weighted by Crippen LogP contribution is -2.14. The Morgan fingerprint density at radius 3 is 2.08 bits per heavy atom. The van der Waals surface area contributed by atoms with E-state index in [2.05, 4.69) is 13.4 Å². The Hall–Kier alpha value is -1.08. The first-order chi connectivity index (χ1) is 10.8. The second-order valence-electron chi connectivity index (χ2n) is 5.12. The smallest absolute Gasteiger partial charge is 0.364 e. The molecule has 0 amide bonds. The van der Waals surface area contributed by atoms with Gasteiger partial charge in [0.25, 0.3) is 0 Å². The third kappa shape index (κ3) is 11.5. The lowest BCUT2D eigenvalue weighted by atomic mass is 10.1. The number of hydrogen-bond acceptors (Lipinski definition) is 7. The Kier molecular flexibility index (Phi) is 9.58. The summed E-state index contributed by atoms with van der Waals surface area (Å²) >= 11 is 0. The molecule has 0 saturated heterocycles. The third-order valence-electron chi connectivity index (χ3n) is 2.44. The van der Waals surface area contributed by atoms with Crippen LogP contribution in [0.2, 0.25) is 0 Å². The molecule has 0 aliphatic carbocycles. The zero-order valence-corrected chi connectivity index (χ0v) is 15.7. The van der Waals surface area contributed by atoms with Gasteiger partial charge in [-0.05, 0) is 33.6 Å². The number of Topliss-reactive ketones (excluding diaryl/α,β-unsaturated/α-hetero) is 1. The van der Waals surface area contributed by atoms with Crippen LogP contribution in [-0.2, 0) is 32.1 Å². The van der Waals surface area contributed by atoms with Gasteiger partial charge in [-0.3, -0.25) is 9.32 Å². The van der Waals surface area contributed by atoms with Crippen molar-refractivity contribution < 1.29 is 41.9 Å². The lowest BCUT2D eigenvalue weighted by Gasteiger charge is -2.16. The van der Waals surface area contributed by atoms with E-state index in [4.69, 9.17) is 9.79 Å². The Labute approximate surface area is 140 Å². The maximum Gasteiger partial charge on any atom is 0.541 e. The molecule has 0 aromatic rings.